The summed E-state index contributed by atoms with van der Waals surface area (Å²) in [7, 11) is 8.21. The maximum absolute atomic E-state index is 14.0. The number of aliphatic hydroxyl groups is 1. The number of amides is 2. The summed E-state index contributed by atoms with van der Waals surface area (Å²) in [5.41, 5.74) is -0.558. The minimum absolute atomic E-state index is 0.0145. The van der Waals surface area contributed by atoms with Crippen LogP contribution in [0.1, 0.15) is 64.4 Å². The van der Waals surface area contributed by atoms with E-state index in [1.165, 1.54) is 19.1 Å². The number of nitrogens with zero attached hydrogens (tertiary/aromatic N) is 1. The van der Waals surface area contributed by atoms with Crippen LogP contribution in [0.5, 0.6) is 5.75 Å². The summed E-state index contributed by atoms with van der Waals surface area (Å²) in [6, 6.07) is 3.68. The van der Waals surface area contributed by atoms with E-state index < -0.39 is 41.8 Å². The number of hydrogen-bond acceptors (Lipinski definition) is 11. The molecule has 2 saturated heterocycles. The number of halogens is 1. The number of esters is 1. The second-order valence-electron chi connectivity index (χ2n) is 14.0. The van der Waals surface area contributed by atoms with Crippen molar-refractivity contribution in [1.29, 1.82) is 0 Å². The Morgan fingerprint density at radius 1 is 1.16 bits per heavy atom. The molecule has 0 radical (unpaired) electrons. The first kappa shape index (κ1) is 38.8. The predicted octanol–water partition coefficient (Wildman–Crippen LogP) is 6.24. The molecule has 0 aromatic heterocycles. The van der Waals surface area contributed by atoms with Crippen LogP contribution in [0, 0.1) is 11.8 Å². The normalized spacial score (nSPS) is 35.1. The van der Waals surface area contributed by atoms with Crippen LogP contribution in [0.4, 0.5) is 10.5 Å². The number of carbonyl (C=O) groups is 3. The van der Waals surface area contributed by atoms with Gasteiger partial charge >= 0.3 is 12.1 Å². The molecule has 11 nitrogen and oxygen atoms in total. The largest absolute Gasteiger partial charge is 0.495 e. The molecule has 50 heavy (non-hydrogen) atoms. The fourth-order valence-electron chi connectivity index (χ4n) is 7.33. The first-order chi connectivity index (χ1) is 23.8. The number of nitrogens with one attached hydrogen (secondary N) is 1. The van der Waals surface area contributed by atoms with Gasteiger partial charge in [0.15, 0.2) is 5.72 Å². The molecule has 14 heteroatoms. The molecule has 5 aliphatic rings. The van der Waals surface area contributed by atoms with E-state index in [9.17, 15) is 19.5 Å². The van der Waals surface area contributed by atoms with Crippen molar-refractivity contribution in [2.75, 3.05) is 38.2 Å². The minimum Gasteiger partial charge on any atom is -0.495 e. The zero-order chi connectivity index (χ0) is 36.2. The summed E-state index contributed by atoms with van der Waals surface area (Å²) >= 11 is 6.76. The van der Waals surface area contributed by atoms with Gasteiger partial charge < -0.3 is 33.7 Å². The lowest BCUT2D eigenvalue weighted by atomic mass is 9.79. The number of methoxy groups -OCH3 is 2. The van der Waals surface area contributed by atoms with Gasteiger partial charge in [0.1, 0.15) is 34.7 Å². The molecule has 0 spiro atoms. The monoisotopic (exact) mass is 752 g/mol. The molecule has 4 heterocycles. The van der Waals surface area contributed by atoms with Gasteiger partial charge in [0.25, 0.3) is 0 Å². The molecule has 276 valence electrons. The SMILES string of the molecule is COc1cc2cc(c1Cl)N(C)C(=O)C[C@H](OC(=O)C1CCC(CSSC)CC1)[C@@]1(C)CC(O1)[C@@H]1C[C@@](O)(NC(=O)O1)[C@H](OC)/C=C/C=C(\C)C2. The number of anilines is 1. The van der Waals surface area contributed by atoms with Gasteiger partial charge in [0, 0.05) is 32.8 Å². The molecular formula is C36H49ClN2O9S2. The second-order valence-corrected chi connectivity index (χ2v) is 17.0. The lowest BCUT2D eigenvalue weighted by Gasteiger charge is -2.53. The van der Waals surface area contributed by atoms with Gasteiger partial charge in [-0.2, -0.15) is 0 Å². The number of fused-ring (bicyclic) bond motifs is 6. The zero-order valence-electron chi connectivity index (χ0n) is 29.6. The van der Waals surface area contributed by atoms with Crippen LogP contribution in [0.2, 0.25) is 5.02 Å². The Bertz CT molecular complexity index is 1480. The predicted molar refractivity (Wildman–Crippen MR) is 196 cm³/mol. The lowest BCUT2D eigenvalue weighted by Crippen LogP contribution is -2.68. The van der Waals surface area contributed by atoms with Crippen molar-refractivity contribution in [2.45, 2.75) is 101 Å². The molecule has 6 rings (SSSR count). The fraction of sp³-hybridized carbons (Fsp3) is 0.639. The molecule has 4 aliphatic heterocycles. The van der Waals surface area contributed by atoms with Crippen LogP contribution < -0.4 is 15.0 Å². The van der Waals surface area contributed by atoms with Crippen molar-refractivity contribution < 1.29 is 43.2 Å². The van der Waals surface area contributed by atoms with Gasteiger partial charge in [-0.25, -0.2) is 4.79 Å². The summed E-state index contributed by atoms with van der Waals surface area (Å²) in [5, 5.41) is 14.4. The quantitative estimate of drug-likeness (QED) is 0.242. The number of benzene rings is 1. The van der Waals surface area contributed by atoms with E-state index in [1.807, 2.05) is 35.9 Å². The fourth-order valence-corrected chi connectivity index (χ4v) is 9.29. The Hall–Kier alpha value is -2.42. The van der Waals surface area contributed by atoms with Gasteiger partial charge in [0.2, 0.25) is 5.91 Å². The third-order valence-corrected chi connectivity index (χ3v) is 12.7. The van der Waals surface area contributed by atoms with E-state index in [-0.39, 0.29) is 35.7 Å². The molecule has 1 aromatic carbocycles. The number of rotatable bonds is 7. The number of allylic oxidation sites excluding steroid dienone is 3. The molecule has 1 unspecified atom stereocenters. The molecule has 3 fully saturated rings. The van der Waals surface area contributed by atoms with E-state index >= 15 is 0 Å². The molecule has 1 saturated carbocycles. The standard InChI is InChI=1S/C36H49ClN2O9S2/c1-21-8-7-9-29(45-5)36(43)19-27(46-34(42)38-36)28-18-35(2,48-28)30(47-33(41)24-12-10-22(11-13-24)20-50-49-6)17-31(40)39(3)25-15-23(14-21)16-26(44-4)32(25)37/h7-9,15-16,22,24,27-30,43H,10-14,17-20H2,1-6H3,(H,38,42)/b9-7+,21-8+/t22?,24?,27-,28?,29+,30-,35+,36-/m0/s1. The Balaban J connectivity index is 1.47. The Morgan fingerprint density at radius 2 is 1.88 bits per heavy atom. The molecular weight excluding hydrogens is 704 g/mol. The summed E-state index contributed by atoms with van der Waals surface area (Å²) in [4.78, 5) is 41.9. The molecule has 1 aliphatic carbocycles. The summed E-state index contributed by atoms with van der Waals surface area (Å²) in [6.07, 6.45) is 7.33. The maximum atomic E-state index is 14.0. The first-order valence-electron chi connectivity index (χ1n) is 17.0. The van der Waals surface area contributed by atoms with Gasteiger partial charge in [0.05, 0.1) is 31.2 Å². The Morgan fingerprint density at radius 3 is 2.54 bits per heavy atom. The zero-order valence-corrected chi connectivity index (χ0v) is 32.0. The first-order valence-corrected chi connectivity index (χ1v) is 20.1. The van der Waals surface area contributed by atoms with Crippen LogP contribution in [-0.2, 0) is 35.0 Å². The van der Waals surface area contributed by atoms with E-state index in [0.29, 0.717) is 30.2 Å². The van der Waals surface area contributed by atoms with E-state index in [4.69, 9.17) is 35.3 Å². The van der Waals surface area contributed by atoms with Crippen molar-refractivity contribution in [3.05, 3.63) is 46.5 Å². The van der Waals surface area contributed by atoms with Crippen molar-refractivity contribution >= 4 is 56.8 Å². The highest BCUT2D eigenvalue weighted by Gasteiger charge is 2.57. The van der Waals surface area contributed by atoms with Crippen molar-refractivity contribution in [1.82, 2.24) is 5.32 Å². The minimum atomic E-state index is -1.78. The Labute approximate surface area is 307 Å². The third-order valence-electron chi connectivity index (χ3n) is 10.3. The van der Waals surface area contributed by atoms with Gasteiger partial charge in [-0.1, -0.05) is 57.0 Å². The van der Waals surface area contributed by atoms with Crippen LogP contribution >= 0.6 is 33.2 Å². The van der Waals surface area contributed by atoms with E-state index in [0.717, 1.165) is 42.6 Å². The highest BCUT2D eigenvalue weighted by atomic mass is 35.5. The molecule has 1 aromatic rings. The smallest absolute Gasteiger partial charge is 0.409 e. The lowest BCUT2D eigenvalue weighted by molar-refractivity contribution is -0.280. The van der Waals surface area contributed by atoms with Crippen molar-refractivity contribution in [3.63, 3.8) is 0 Å². The number of hydrogen-bond donors (Lipinski definition) is 2. The average molecular weight is 753 g/mol. The van der Waals surface area contributed by atoms with Crippen molar-refractivity contribution in [2.24, 2.45) is 11.8 Å². The Kier molecular flexibility index (Phi) is 12.8. The highest BCUT2D eigenvalue weighted by molar-refractivity contribution is 8.76. The van der Waals surface area contributed by atoms with Crippen molar-refractivity contribution in [3.8, 4) is 5.75 Å². The van der Waals surface area contributed by atoms with Crippen LogP contribution in [-0.4, -0.2) is 92.1 Å². The summed E-state index contributed by atoms with van der Waals surface area (Å²) in [6.45, 7) is 3.75. The highest BCUT2D eigenvalue weighted by Crippen LogP contribution is 2.45. The summed E-state index contributed by atoms with van der Waals surface area (Å²) < 4.78 is 29.4. The molecule has 6 atom stereocenters. The van der Waals surface area contributed by atoms with Crippen LogP contribution in [0.3, 0.4) is 0 Å². The maximum Gasteiger partial charge on any atom is 0.409 e. The molecule has 2 amide bonds. The molecule has 2 N–H and O–H groups in total. The van der Waals surface area contributed by atoms with Crippen LogP contribution in [0.25, 0.3) is 0 Å². The number of carbonyl (C=O) groups excluding carboxylic acids is 3. The van der Waals surface area contributed by atoms with Crippen LogP contribution in [0.15, 0.2) is 35.9 Å². The molecule has 6 bridgehead atoms. The average Bonchev–Trinajstić information content (AvgIpc) is 3.07. The topological polar surface area (TPSA) is 133 Å². The van der Waals surface area contributed by atoms with Gasteiger partial charge in [-0.15, -0.1) is 0 Å². The van der Waals surface area contributed by atoms with Gasteiger partial charge in [-0.05, 0) is 75.8 Å². The van der Waals surface area contributed by atoms with E-state index in [1.54, 1.807) is 36.9 Å². The van der Waals surface area contributed by atoms with Gasteiger partial charge in [-0.3, -0.25) is 14.9 Å². The summed E-state index contributed by atoms with van der Waals surface area (Å²) in [5.74, 6) is 1.12. The second kappa shape index (κ2) is 16.5. The number of ether oxygens (including phenoxy) is 5. The van der Waals surface area contributed by atoms with E-state index in [2.05, 4.69) is 11.6 Å². The third kappa shape index (κ3) is 8.78. The number of alkyl carbamates (subject to hydrolysis) is 1.